The van der Waals surface area contributed by atoms with Crippen LogP contribution in [0.3, 0.4) is 0 Å². The molecule has 0 unspecified atom stereocenters. The third kappa shape index (κ3) is 3.16. The van der Waals surface area contributed by atoms with Crippen molar-refractivity contribution in [1.29, 1.82) is 0 Å². The van der Waals surface area contributed by atoms with Crippen LogP contribution in [-0.4, -0.2) is 44.4 Å². The lowest BCUT2D eigenvalue weighted by Gasteiger charge is -2.28. The number of hydrogen-bond donors (Lipinski definition) is 0. The SMILES string of the molecule is CN1CCC(OCCF)CC1. The monoisotopic (exact) mass is 161 g/mol. The molecule has 0 amide bonds. The van der Waals surface area contributed by atoms with Gasteiger partial charge in [0.05, 0.1) is 12.7 Å². The smallest absolute Gasteiger partial charge is 0.113 e. The average Bonchev–Trinajstić information content (AvgIpc) is 2.04. The second kappa shape index (κ2) is 4.67. The Hall–Kier alpha value is -0.150. The van der Waals surface area contributed by atoms with Gasteiger partial charge in [0.15, 0.2) is 0 Å². The highest BCUT2D eigenvalue weighted by Gasteiger charge is 2.16. The summed E-state index contributed by atoms with van der Waals surface area (Å²) in [5.41, 5.74) is 0. The van der Waals surface area contributed by atoms with Crippen molar-refractivity contribution in [3.8, 4) is 0 Å². The fourth-order valence-corrected chi connectivity index (χ4v) is 1.36. The molecule has 0 radical (unpaired) electrons. The number of rotatable bonds is 3. The second-order valence-electron chi connectivity index (χ2n) is 3.06. The van der Waals surface area contributed by atoms with Crippen LogP contribution in [0.15, 0.2) is 0 Å². The third-order valence-corrected chi connectivity index (χ3v) is 2.10. The molecule has 1 rings (SSSR count). The van der Waals surface area contributed by atoms with Crippen LogP contribution in [0.25, 0.3) is 0 Å². The molecular formula is C8H16FNO. The normalized spacial score (nSPS) is 22.4. The van der Waals surface area contributed by atoms with Crippen LogP contribution >= 0.6 is 0 Å². The number of nitrogens with zero attached hydrogens (tertiary/aromatic N) is 1. The van der Waals surface area contributed by atoms with Crippen molar-refractivity contribution in [2.24, 2.45) is 0 Å². The van der Waals surface area contributed by atoms with Gasteiger partial charge in [-0.1, -0.05) is 0 Å². The highest BCUT2D eigenvalue weighted by Crippen LogP contribution is 2.11. The number of halogens is 1. The van der Waals surface area contributed by atoms with Gasteiger partial charge in [-0.2, -0.15) is 0 Å². The van der Waals surface area contributed by atoms with Crippen molar-refractivity contribution in [1.82, 2.24) is 4.90 Å². The Morgan fingerprint density at radius 2 is 2.09 bits per heavy atom. The van der Waals surface area contributed by atoms with Gasteiger partial charge in [0.1, 0.15) is 6.67 Å². The first-order valence-corrected chi connectivity index (χ1v) is 4.19. The number of likely N-dealkylation sites (tertiary alicyclic amines) is 1. The van der Waals surface area contributed by atoms with Crippen LogP contribution in [0.4, 0.5) is 4.39 Å². The van der Waals surface area contributed by atoms with Crippen molar-refractivity contribution < 1.29 is 9.13 Å². The van der Waals surface area contributed by atoms with E-state index in [-0.39, 0.29) is 13.3 Å². The minimum Gasteiger partial charge on any atom is -0.375 e. The molecule has 1 aliphatic heterocycles. The summed E-state index contributed by atoms with van der Waals surface area (Å²) in [4.78, 5) is 2.27. The van der Waals surface area contributed by atoms with Crippen LogP contribution < -0.4 is 0 Å². The van der Waals surface area contributed by atoms with Gasteiger partial charge in [-0.15, -0.1) is 0 Å². The van der Waals surface area contributed by atoms with E-state index in [1.807, 2.05) is 0 Å². The first-order chi connectivity index (χ1) is 5.33. The van der Waals surface area contributed by atoms with Crippen LogP contribution in [0, 0.1) is 0 Å². The fraction of sp³-hybridized carbons (Fsp3) is 1.00. The lowest BCUT2D eigenvalue weighted by molar-refractivity contribution is 0.00672. The second-order valence-corrected chi connectivity index (χ2v) is 3.06. The predicted molar refractivity (Wildman–Crippen MR) is 42.4 cm³/mol. The van der Waals surface area contributed by atoms with E-state index in [1.54, 1.807) is 0 Å². The summed E-state index contributed by atoms with van der Waals surface area (Å²) in [7, 11) is 2.10. The quantitative estimate of drug-likeness (QED) is 0.614. The Morgan fingerprint density at radius 3 is 2.64 bits per heavy atom. The molecular weight excluding hydrogens is 145 g/mol. The van der Waals surface area contributed by atoms with E-state index in [9.17, 15) is 4.39 Å². The Labute approximate surface area is 67.3 Å². The Morgan fingerprint density at radius 1 is 1.45 bits per heavy atom. The van der Waals surface area contributed by atoms with Crippen LogP contribution in [0.2, 0.25) is 0 Å². The number of alkyl halides is 1. The Balaban J connectivity index is 2.07. The molecule has 3 heteroatoms. The molecule has 0 N–H and O–H groups in total. The largest absolute Gasteiger partial charge is 0.375 e. The van der Waals surface area contributed by atoms with E-state index >= 15 is 0 Å². The minimum absolute atomic E-state index is 0.272. The number of hydrogen-bond acceptors (Lipinski definition) is 2. The van der Waals surface area contributed by atoms with Crippen LogP contribution in [0.1, 0.15) is 12.8 Å². The van der Waals surface area contributed by atoms with E-state index in [0.29, 0.717) is 6.10 Å². The average molecular weight is 161 g/mol. The molecule has 1 heterocycles. The summed E-state index contributed by atoms with van der Waals surface area (Å²) in [6.45, 7) is 2.08. The predicted octanol–water partition coefficient (Wildman–Crippen LogP) is 1.07. The highest BCUT2D eigenvalue weighted by molar-refractivity contribution is 4.69. The zero-order valence-electron chi connectivity index (χ0n) is 7.05. The molecule has 0 spiro atoms. The van der Waals surface area contributed by atoms with Crippen molar-refractivity contribution >= 4 is 0 Å². The van der Waals surface area contributed by atoms with Gasteiger partial charge in [0.2, 0.25) is 0 Å². The molecule has 2 nitrogen and oxygen atoms in total. The zero-order valence-corrected chi connectivity index (χ0v) is 7.05. The molecule has 0 saturated carbocycles. The van der Waals surface area contributed by atoms with Gasteiger partial charge in [-0.25, -0.2) is 4.39 Å². The zero-order chi connectivity index (χ0) is 8.10. The maximum Gasteiger partial charge on any atom is 0.113 e. The maximum atomic E-state index is 11.7. The minimum atomic E-state index is -0.355. The lowest BCUT2D eigenvalue weighted by Crippen LogP contribution is -2.34. The molecule has 66 valence electrons. The van der Waals surface area contributed by atoms with Crippen molar-refractivity contribution in [2.45, 2.75) is 18.9 Å². The summed E-state index contributed by atoms with van der Waals surface area (Å²) >= 11 is 0. The lowest BCUT2D eigenvalue weighted by atomic mass is 10.1. The number of piperidine rings is 1. The number of ether oxygens (including phenoxy) is 1. The molecule has 11 heavy (non-hydrogen) atoms. The van der Waals surface area contributed by atoms with Gasteiger partial charge in [0.25, 0.3) is 0 Å². The Kier molecular flexibility index (Phi) is 3.80. The summed E-state index contributed by atoms with van der Waals surface area (Å²) < 4.78 is 17.0. The molecule has 1 aliphatic rings. The molecule has 0 aromatic carbocycles. The summed E-state index contributed by atoms with van der Waals surface area (Å²) in [6, 6.07) is 0. The third-order valence-electron chi connectivity index (χ3n) is 2.10. The van der Waals surface area contributed by atoms with Crippen molar-refractivity contribution in [2.75, 3.05) is 33.4 Å². The van der Waals surface area contributed by atoms with E-state index in [2.05, 4.69) is 11.9 Å². The molecule has 0 bridgehead atoms. The molecule has 1 fully saturated rings. The van der Waals surface area contributed by atoms with Gasteiger partial charge >= 0.3 is 0 Å². The van der Waals surface area contributed by atoms with Crippen molar-refractivity contribution in [3.05, 3.63) is 0 Å². The van der Waals surface area contributed by atoms with E-state index in [4.69, 9.17) is 4.74 Å². The standard InChI is InChI=1S/C8H16FNO/c1-10-5-2-8(3-6-10)11-7-4-9/h8H,2-7H2,1H3. The van der Waals surface area contributed by atoms with Crippen LogP contribution in [0.5, 0.6) is 0 Å². The molecule has 0 atom stereocenters. The highest BCUT2D eigenvalue weighted by atomic mass is 19.1. The van der Waals surface area contributed by atoms with Gasteiger partial charge in [-0.3, -0.25) is 0 Å². The van der Waals surface area contributed by atoms with E-state index in [1.165, 1.54) is 0 Å². The van der Waals surface area contributed by atoms with E-state index < -0.39 is 0 Å². The fourth-order valence-electron chi connectivity index (χ4n) is 1.36. The molecule has 0 aromatic rings. The van der Waals surface area contributed by atoms with Crippen LogP contribution in [-0.2, 0) is 4.74 Å². The summed E-state index contributed by atoms with van der Waals surface area (Å²) in [5, 5.41) is 0. The molecule has 0 aromatic heterocycles. The topological polar surface area (TPSA) is 12.5 Å². The van der Waals surface area contributed by atoms with Crippen molar-refractivity contribution in [3.63, 3.8) is 0 Å². The molecule has 0 aliphatic carbocycles. The maximum absolute atomic E-state index is 11.7. The first kappa shape index (κ1) is 8.94. The first-order valence-electron chi connectivity index (χ1n) is 4.19. The van der Waals surface area contributed by atoms with E-state index in [0.717, 1.165) is 25.9 Å². The van der Waals surface area contributed by atoms with Gasteiger partial charge in [0, 0.05) is 13.1 Å². The summed E-state index contributed by atoms with van der Waals surface area (Å²) in [6.07, 6.45) is 2.41. The van der Waals surface area contributed by atoms with Gasteiger partial charge < -0.3 is 9.64 Å². The Bertz CT molecular complexity index is 99.5. The van der Waals surface area contributed by atoms with Gasteiger partial charge in [-0.05, 0) is 19.9 Å². The molecule has 1 saturated heterocycles. The summed E-state index contributed by atoms with van der Waals surface area (Å²) in [5.74, 6) is 0.